The number of aromatic nitrogens is 2. The fourth-order valence-electron chi connectivity index (χ4n) is 3.73. The van der Waals surface area contributed by atoms with Crippen LogP contribution in [0, 0.1) is 11.7 Å². The van der Waals surface area contributed by atoms with E-state index in [0.717, 1.165) is 0 Å². The van der Waals surface area contributed by atoms with Crippen molar-refractivity contribution in [1.82, 2.24) is 13.9 Å². The van der Waals surface area contributed by atoms with E-state index in [1.54, 1.807) is 48.0 Å². The summed E-state index contributed by atoms with van der Waals surface area (Å²) in [5, 5.41) is 3.20. The molecule has 1 fully saturated rings. The first-order valence-electron chi connectivity index (χ1n) is 9.54. The van der Waals surface area contributed by atoms with Crippen molar-refractivity contribution in [3.63, 3.8) is 0 Å². The fraction of sp³-hybridized carbons (Fsp3) is 0.238. The van der Waals surface area contributed by atoms with Gasteiger partial charge >= 0.3 is 0 Å². The van der Waals surface area contributed by atoms with Crippen molar-refractivity contribution in [3.8, 4) is 0 Å². The lowest BCUT2D eigenvalue weighted by Gasteiger charge is -2.18. The quantitative estimate of drug-likeness (QED) is 0.630. The highest BCUT2D eigenvalue weighted by Gasteiger charge is 2.44. The van der Waals surface area contributed by atoms with Gasteiger partial charge in [0.25, 0.3) is 10.0 Å². The first-order chi connectivity index (χ1) is 14.7. The summed E-state index contributed by atoms with van der Waals surface area (Å²) >= 11 is 6.00. The number of nitrogens with one attached hydrogen (secondary N) is 1. The molecule has 31 heavy (non-hydrogen) atoms. The Balaban J connectivity index is 1.65. The van der Waals surface area contributed by atoms with Crippen LogP contribution in [0.1, 0.15) is 11.5 Å². The monoisotopic (exact) mass is 462 g/mol. The molecule has 3 aromatic rings. The second kappa shape index (κ2) is 8.41. The zero-order valence-corrected chi connectivity index (χ0v) is 18.1. The Hall–Kier alpha value is -2.75. The van der Waals surface area contributed by atoms with Crippen molar-refractivity contribution in [3.05, 3.63) is 77.5 Å². The molecule has 0 bridgehead atoms. The van der Waals surface area contributed by atoms with E-state index in [0.29, 0.717) is 16.3 Å². The number of carbonyl (C=O) groups excluding carboxylic acids is 1. The molecule has 2 aromatic carbocycles. The number of sulfonamides is 1. The lowest BCUT2D eigenvalue weighted by atomic mass is 9.88. The standard InChI is InChI=1S/C21H20ClFN4O3S/c1-26-12-20(24-13-26)31(29,30)27-10-18(14-5-7-16(23)8-6-14)19(11-27)21(28)25-17-4-2-3-15(22)9-17/h2-9,12-13,18-19H,10-11H2,1H3,(H,25,28). The molecule has 0 saturated carbocycles. The van der Waals surface area contributed by atoms with Crippen molar-refractivity contribution < 1.29 is 17.6 Å². The number of aryl methyl sites for hydroxylation is 1. The second-order valence-electron chi connectivity index (χ2n) is 7.46. The molecule has 2 heterocycles. The molecular weight excluding hydrogens is 443 g/mol. The van der Waals surface area contributed by atoms with E-state index < -0.39 is 27.7 Å². The van der Waals surface area contributed by atoms with E-state index in [1.165, 1.54) is 29.0 Å². The molecule has 1 amide bonds. The third-order valence-corrected chi connectivity index (χ3v) is 7.25. The molecule has 1 aromatic heterocycles. The van der Waals surface area contributed by atoms with Crippen LogP contribution < -0.4 is 5.32 Å². The van der Waals surface area contributed by atoms with Crippen LogP contribution in [0.2, 0.25) is 5.02 Å². The Morgan fingerprint density at radius 1 is 1.19 bits per heavy atom. The molecule has 1 saturated heterocycles. The van der Waals surface area contributed by atoms with Gasteiger partial charge in [-0.05, 0) is 35.9 Å². The highest BCUT2D eigenvalue weighted by molar-refractivity contribution is 7.89. The van der Waals surface area contributed by atoms with Gasteiger partial charge in [-0.15, -0.1) is 0 Å². The van der Waals surface area contributed by atoms with Gasteiger partial charge < -0.3 is 9.88 Å². The van der Waals surface area contributed by atoms with Crippen LogP contribution in [0.4, 0.5) is 10.1 Å². The molecule has 0 radical (unpaired) electrons. The largest absolute Gasteiger partial charge is 0.339 e. The Labute approximate surface area is 184 Å². The van der Waals surface area contributed by atoms with E-state index in [9.17, 15) is 17.6 Å². The summed E-state index contributed by atoms with van der Waals surface area (Å²) in [6.45, 7) is 0.0610. The number of rotatable bonds is 5. The summed E-state index contributed by atoms with van der Waals surface area (Å²) in [5.41, 5.74) is 1.20. The molecule has 1 aliphatic rings. The molecule has 0 spiro atoms. The number of halogens is 2. The Morgan fingerprint density at radius 2 is 1.94 bits per heavy atom. The summed E-state index contributed by atoms with van der Waals surface area (Å²) in [6, 6.07) is 12.5. The number of benzene rings is 2. The molecule has 0 aliphatic carbocycles. The number of nitrogens with zero attached hydrogens (tertiary/aromatic N) is 3. The summed E-state index contributed by atoms with van der Waals surface area (Å²) in [5.74, 6) is -1.86. The van der Waals surface area contributed by atoms with Gasteiger partial charge in [0.2, 0.25) is 5.91 Å². The summed E-state index contributed by atoms with van der Waals surface area (Å²) < 4.78 is 42.4. The maximum Gasteiger partial charge on any atom is 0.262 e. The van der Waals surface area contributed by atoms with Gasteiger partial charge in [0.1, 0.15) is 5.82 Å². The van der Waals surface area contributed by atoms with Gasteiger partial charge in [-0.2, -0.15) is 4.31 Å². The molecule has 10 heteroatoms. The first-order valence-corrected chi connectivity index (χ1v) is 11.4. The van der Waals surface area contributed by atoms with Crippen molar-refractivity contribution in [2.45, 2.75) is 10.9 Å². The maximum absolute atomic E-state index is 13.4. The second-order valence-corrected chi connectivity index (χ2v) is 9.78. The number of carbonyl (C=O) groups is 1. The van der Waals surface area contributed by atoms with E-state index in [-0.39, 0.29) is 24.0 Å². The number of hydrogen-bond donors (Lipinski definition) is 1. The van der Waals surface area contributed by atoms with Crippen LogP contribution in [0.15, 0.2) is 66.1 Å². The van der Waals surface area contributed by atoms with Gasteiger partial charge in [0.05, 0.1) is 12.2 Å². The molecular formula is C21H20ClFN4O3S. The average molecular weight is 463 g/mol. The van der Waals surface area contributed by atoms with E-state index in [2.05, 4.69) is 10.3 Å². The number of hydrogen-bond acceptors (Lipinski definition) is 4. The normalized spacial score (nSPS) is 19.5. The lowest BCUT2D eigenvalue weighted by molar-refractivity contribution is -0.119. The molecule has 2 unspecified atom stereocenters. The summed E-state index contributed by atoms with van der Waals surface area (Å²) in [6.07, 6.45) is 2.82. The van der Waals surface area contributed by atoms with E-state index in [4.69, 9.17) is 11.6 Å². The maximum atomic E-state index is 13.4. The van der Waals surface area contributed by atoms with Crippen molar-refractivity contribution in [2.24, 2.45) is 13.0 Å². The first kappa shape index (κ1) is 21.5. The molecule has 162 valence electrons. The van der Waals surface area contributed by atoms with Crippen LogP contribution in [-0.2, 0) is 21.9 Å². The van der Waals surface area contributed by atoms with Gasteiger partial charge in [0, 0.05) is 43.0 Å². The summed E-state index contributed by atoms with van der Waals surface area (Å²) in [4.78, 5) is 17.1. The zero-order chi connectivity index (χ0) is 22.2. The van der Waals surface area contributed by atoms with Gasteiger partial charge in [-0.3, -0.25) is 4.79 Å². The van der Waals surface area contributed by atoms with Crippen LogP contribution in [0.3, 0.4) is 0 Å². The SMILES string of the molecule is Cn1cnc(S(=O)(=O)N2CC(C(=O)Nc3cccc(Cl)c3)C(c3ccc(F)cc3)C2)c1. The molecule has 7 nitrogen and oxygen atoms in total. The zero-order valence-electron chi connectivity index (χ0n) is 16.6. The predicted octanol–water partition coefficient (Wildman–Crippen LogP) is 3.26. The van der Waals surface area contributed by atoms with Crippen molar-refractivity contribution in [1.29, 1.82) is 0 Å². The van der Waals surface area contributed by atoms with E-state index >= 15 is 0 Å². The minimum Gasteiger partial charge on any atom is -0.339 e. The molecule has 1 N–H and O–H groups in total. The number of amides is 1. The third kappa shape index (κ3) is 4.48. The van der Waals surface area contributed by atoms with Crippen LogP contribution in [-0.4, -0.2) is 41.3 Å². The van der Waals surface area contributed by atoms with E-state index in [1.807, 2.05) is 0 Å². The molecule has 1 aliphatic heterocycles. The Kier molecular flexibility index (Phi) is 5.83. The Bertz CT molecular complexity index is 1210. The number of imidazole rings is 1. The molecule has 2 atom stereocenters. The van der Waals surface area contributed by atoms with Crippen molar-refractivity contribution in [2.75, 3.05) is 18.4 Å². The summed E-state index contributed by atoms with van der Waals surface area (Å²) in [7, 11) is -2.21. The van der Waals surface area contributed by atoms with Crippen molar-refractivity contribution >= 4 is 33.2 Å². The smallest absolute Gasteiger partial charge is 0.262 e. The predicted molar refractivity (Wildman–Crippen MR) is 115 cm³/mol. The topological polar surface area (TPSA) is 84.3 Å². The average Bonchev–Trinajstić information content (AvgIpc) is 3.36. The van der Waals surface area contributed by atoms with Gasteiger partial charge in [0.15, 0.2) is 5.03 Å². The Morgan fingerprint density at radius 3 is 2.58 bits per heavy atom. The lowest BCUT2D eigenvalue weighted by Crippen LogP contribution is -2.32. The fourth-order valence-corrected chi connectivity index (χ4v) is 5.38. The highest BCUT2D eigenvalue weighted by atomic mass is 35.5. The number of anilines is 1. The minimum atomic E-state index is -3.89. The minimum absolute atomic E-state index is 0.0205. The van der Waals surface area contributed by atoms with Crippen LogP contribution in [0.25, 0.3) is 0 Å². The third-order valence-electron chi connectivity index (χ3n) is 5.30. The van der Waals surface area contributed by atoms with Crippen LogP contribution in [0.5, 0.6) is 0 Å². The molecule has 4 rings (SSSR count). The van der Waals surface area contributed by atoms with Gasteiger partial charge in [-0.25, -0.2) is 17.8 Å². The highest BCUT2D eigenvalue weighted by Crippen LogP contribution is 2.36. The van der Waals surface area contributed by atoms with Crippen LogP contribution >= 0.6 is 11.6 Å². The van der Waals surface area contributed by atoms with Gasteiger partial charge in [-0.1, -0.05) is 29.8 Å².